The summed E-state index contributed by atoms with van der Waals surface area (Å²) in [6, 6.07) is 0.155. The summed E-state index contributed by atoms with van der Waals surface area (Å²) < 4.78 is 1.24. The molecule has 6 nitrogen and oxygen atoms in total. The first-order valence-corrected chi connectivity index (χ1v) is 3.95. The topological polar surface area (TPSA) is 73.0 Å². The van der Waals surface area contributed by atoms with Crippen molar-refractivity contribution in [1.29, 1.82) is 0 Å². The van der Waals surface area contributed by atoms with Crippen molar-refractivity contribution in [2.45, 2.75) is 19.9 Å². The molecule has 0 saturated carbocycles. The monoisotopic (exact) mass is 184 g/mol. The van der Waals surface area contributed by atoms with Gasteiger partial charge >= 0.3 is 5.82 Å². The Hall–Kier alpha value is -1.59. The lowest BCUT2D eigenvalue weighted by molar-refractivity contribution is -0.391. The Labute approximate surface area is 75.7 Å². The van der Waals surface area contributed by atoms with E-state index in [1.165, 1.54) is 10.9 Å². The van der Waals surface area contributed by atoms with Crippen LogP contribution in [0.5, 0.6) is 0 Å². The number of rotatable bonds is 3. The summed E-state index contributed by atoms with van der Waals surface area (Å²) in [6.07, 6.45) is 1.46. The van der Waals surface area contributed by atoms with Crippen molar-refractivity contribution in [2.24, 2.45) is 7.05 Å². The maximum absolute atomic E-state index is 10.6. The van der Waals surface area contributed by atoms with Crippen LogP contribution >= 0.6 is 0 Å². The molecule has 13 heavy (non-hydrogen) atoms. The van der Waals surface area contributed by atoms with Gasteiger partial charge in [0, 0.05) is 6.04 Å². The molecule has 0 fully saturated rings. The minimum Gasteiger partial charge on any atom is -0.375 e. The SMILES string of the molecule is CC(C)Nc1cnn(C)c1[N+](=O)[O-]. The Balaban J connectivity index is 3.00. The van der Waals surface area contributed by atoms with Gasteiger partial charge < -0.3 is 15.4 Å². The standard InChI is InChI=1S/C7H12N4O2/c1-5(2)9-6-4-8-10(3)7(6)11(12)13/h4-5,9H,1-3H3. The molecule has 72 valence electrons. The molecule has 1 heterocycles. The molecule has 0 unspecified atom stereocenters. The number of anilines is 1. The lowest BCUT2D eigenvalue weighted by Gasteiger charge is -2.06. The minimum atomic E-state index is -0.447. The van der Waals surface area contributed by atoms with Crippen molar-refractivity contribution in [3.63, 3.8) is 0 Å². The average molecular weight is 184 g/mol. The van der Waals surface area contributed by atoms with Crippen LogP contribution in [-0.4, -0.2) is 20.7 Å². The van der Waals surface area contributed by atoms with Gasteiger partial charge in [-0.2, -0.15) is 0 Å². The Morgan fingerprint density at radius 3 is 2.77 bits per heavy atom. The van der Waals surface area contributed by atoms with Crippen LogP contribution in [0.4, 0.5) is 11.5 Å². The van der Waals surface area contributed by atoms with Gasteiger partial charge in [-0.25, -0.2) is 0 Å². The van der Waals surface area contributed by atoms with Crippen molar-refractivity contribution in [1.82, 2.24) is 9.78 Å². The summed E-state index contributed by atoms with van der Waals surface area (Å²) in [7, 11) is 1.55. The zero-order valence-corrected chi connectivity index (χ0v) is 7.81. The number of nitrogens with one attached hydrogen (secondary N) is 1. The van der Waals surface area contributed by atoms with E-state index in [-0.39, 0.29) is 11.9 Å². The van der Waals surface area contributed by atoms with Gasteiger partial charge in [-0.3, -0.25) is 0 Å². The van der Waals surface area contributed by atoms with E-state index in [0.717, 1.165) is 0 Å². The van der Waals surface area contributed by atoms with Gasteiger partial charge in [0.25, 0.3) is 0 Å². The van der Waals surface area contributed by atoms with Crippen LogP contribution in [0.1, 0.15) is 13.8 Å². The molecule has 0 saturated heterocycles. The second kappa shape index (κ2) is 3.42. The van der Waals surface area contributed by atoms with E-state index in [1.807, 2.05) is 13.8 Å². The van der Waals surface area contributed by atoms with Crippen molar-refractivity contribution in [3.8, 4) is 0 Å². The van der Waals surface area contributed by atoms with E-state index in [2.05, 4.69) is 10.4 Å². The highest BCUT2D eigenvalue weighted by Gasteiger charge is 2.19. The Morgan fingerprint density at radius 1 is 1.69 bits per heavy atom. The fraction of sp³-hybridized carbons (Fsp3) is 0.571. The van der Waals surface area contributed by atoms with E-state index in [1.54, 1.807) is 7.05 Å². The largest absolute Gasteiger partial charge is 0.375 e. The summed E-state index contributed by atoms with van der Waals surface area (Å²) in [4.78, 5) is 10.1. The first-order chi connectivity index (χ1) is 6.02. The highest BCUT2D eigenvalue weighted by atomic mass is 16.6. The molecule has 0 aliphatic carbocycles. The van der Waals surface area contributed by atoms with E-state index < -0.39 is 4.92 Å². The lowest BCUT2D eigenvalue weighted by Crippen LogP contribution is -2.11. The molecule has 0 amide bonds. The third kappa shape index (κ3) is 1.95. The molecular weight excluding hydrogens is 172 g/mol. The van der Waals surface area contributed by atoms with E-state index in [9.17, 15) is 10.1 Å². The summed E-state index contributed by atoms with van der Waals surface area (Å²) in [5.41, 5.74) is 0.461. The predicted molar refractivity (Wildman–Crippen MR) is 48.6 cm³/mol. The zero-order chi connectivity index (χ0) is 10.0. The lowest BCUT2D eigenvalue weighted by atomic mass is 10.3. The first kappa shape index (κ1) is 9.50. The van der Waals surface area contributed by atoms with Crippen LogP contribution in [-0.2, 0) is 7.05 Å². The van der Waals surface area contributed by atoms with Crippen molar-refractivity contribution in [2.75, 3.05) is 5.32 Å². The van der Waals surface area contributed by atoms with Gasteiger partial charge in [-0.05, 0) is 18.8 Å². The summed E-state index contributed by atoms with van der Waals surface area (Å²) in [5.74, 6) is -0.00583. The third-order valence-corrected chi connectivity index (χ3v) is 1.52. The number of aryl methyl sites for hydroxylation is 1. The van der Waals surface area contributed by atoms with E-state index >= 15 is 0 Å². The molecule has 6 heteroatoms. The fourth-order valence-electron chi connectivity index (χ4n) is 1.06. The number of nitrogens with zero attached hydrogens (tertiary/aromatic N) is 3. The summed E-state index contributed by atoms with van der Waals surface area (Å²) in [6.45, 7) is 3.83. The maximum Gasteiger partial charge on any atom is 0.368 e. The van der Waals surface area contributed by atoms with Gasteiger partial charge in [-0.15, -0.1) is 4.68 Å². The molecule has 1 aromatic rings. The first-order valence-electron chi connectivity index (χ1n) is 3.95. The van der Waals surface area contributed by atoms with Gasteiger partial charge in [0.05, 0.1) is 0 Å². The molecule has 1 aromatic heterocycles. The van der Waals surface area contributed by atoms with Gasteiger partial charge in [-0.1, -0.05) is 5.10 Å². The molecule has 1 rings (SSSR count). The summed E-state index contributed by atoms with van der Waals surface area (Å²) in [5, 5.41) is 17.3. The number of aromatic nitrogens is 2. The van der Waals surface area contributed by atoms with E-state index in [0.29, 0.717) is 5.69 Å². The Kier molecular flexibility index (Phi) is 2.50. The molecule has 0 aliphatic rings. The highest BCUT2D eigenvalue weighted by Crippen LogP contribution is 2.22. The Bertz CT molecular complexity index is 318. The van der Waals surface area contributed by atoms with Crippen LogP contribution < -0.4 is 5.32 Å². The summed E-state index contributed by atoms with van der Waals surface area (Å²) >= 11 is 0. The van der Waals surface area contributed by atoms with Crippen LogP contribution in [0.15, 0.2) is 6.20 Å². The molecule has 0 bridgehead atoms. The Morgan fingerprint density at radius 2 is 2.31 bits per heavy atom. The fourth-order valence-corrected chi connectivity index (χ4v) is 1.06. The second-order valence-corrected chi connectivity index (χ2v) is 3.06. The predicted octanol–water partition coefficient (Wildman–Crippen LogP) is 1.15. The molecular formula is C7H12N4O2. The number of hydrogen-bond acceptors (Lipinski definition) is 4. The molecule has 0 radical (unpaired) electrons. The van der Waals surface area contributed by atoms with Crippen molar-refractivity contribution < 1.29 is 4.92 Å². The molecule has 0 aromatic carbocycles. The smallest absolute Gasteiger partial charge is 0.368 e. The van der Waals surface area contributed by atoms with Crippen LogP contribution in [0.2, 0.25) is 0 Å². The third-order valence-electron chi connectivity index (χ3n) is 1.52. The van der Waals surface area contributed by atoms with Crippen LogP contribution in [0, 0.1) is 10.1 Å². The number of hydrogen-bond donors (Lipinski definition) is 1. The highest BCUT2D eigenvalue weighted by molar-refractivity contribution is 5.56. The quantitative estimate of drug-likeness (QED) is 0.564. The van der Waals surface area contributed by atoms with E-state index in [4.69, 9.17) is 0 Å². The van der Waals surface area contributed by atoms with Gasteiger partial charge in [0.15, 0.2) is 5.69 Å². The molecule has 0 spiro atoms. The number of nitro groups is 1. The second-order valence-electron chi connectivity index (χ2n) is 3.06. The van der Waals surface area contributed by atoms with Crippen molar-refractivity contribution in [3.05, 3.63) is 16.3 Å². The van der Waals surface area contributed by atoms with Gasteiger partial charge in [0.1, 0.15) is 13.2 Å². The zero-order valence-electron chi connectivity index (χ0n) is 7.81. The minimum absolute atomic E-state index is 0.00583. The maximum atomic E-state index is 10.6. The average Bonchev–Trinajstić information content (AvgIpc) is 2.30. The molecule has 0 atom stereocenters. The van der Waals surface area contributed by atoms with Crippen LogP contribution in [0.3, 0.4) is 0 Å². The normalized spacial score (nSPS) is 10.5. The van der Waals surface area contributed by atoms with Crippen LogP contribution in [0.25, 0.3) is 0 Å². The van der Waals surface area contributed by atoms with Gasteiger partial charge in [0.2, 0.25) is 0 Å². The van der Waals surface area contributed by atoms with Crippen molar-refractivity contribution >= 4 is 11.5 Å². The molecule has 1 N–H and O–H groups in total. The molecule has 0 aliphatic heterocycles.